The Balaban J connectivity index is 1.34. The van der Waals surface area contributed by atoms with Crippen molar-refractivity contribution in [2.75, 3.05) is 25.5 Å². The molecule has 1 aliphatic heterocycles. The van der Waals surface area contributed by atoms with Crippen molar-refractivity contribution >= 4 is 28.4 Å². The molecule has 0 radical (unpaired) electrons. The summed E-state index contributed by atoms with van der Waals surface area (Å²) in [6, 6.07) is 16.3. The number of aromatic carboxylic acids is 1. The molecule has 2 aromatic carbocycles. The van der Waals surface area contributed by atoms with E-state index in [0.717, 1.165) is 39.2 Å². The number of rotatable bonds is 4. The topological polar surface area (TPSA) is 78.9 Å². The van der Waals surface area contributed by atoms with Gasteiger partial charge in [-0.1, -0.05) is 48.5 Å². The van der Waals surface area contributed by atoms with Crippen LogP contribution in [-0.2, 0) is 17.7 Å². The number of benzene rings is 2. The third kappa shape index (κ3) is 3.49. The maximum Gasteiger partial charge on any atom is 0.412 e. The second-order valence-electron chi connectivity index (χ2n) is 7.95. The maximum absolute atomic E-state index is 12.6. The number of carbonyl (C=O) groups excluding carboxylic acids is 1. The number of hydrogen-bond donors (Lipinski definition) is 2. The number of amides is 1. The zero-order valence-electron chi connectivity index (χ0n) is 17.1. The predicted molar refractivity (Wildman–Crippen MR) is 120 cm³/mol. The second-order valence-corrected chi connectivity index (χ2v) is 9.06. The first-order valence-electron chi connectivity index (χ1n) is 10.2. The molecule has 158 valence electrons. The van der Waals surface area contributed by atoms with Gasteiger partial charge in [-0.25, -0.2) is 9.59 Å². The fraction of sp³-hybridized carbons (Fsp3) is 0.250. The number of thiophene rings is 1. The van der Waals surface area contributed by atoms with Crippen LogP contribution in [0, 0.1) is 0 Å². The van der Waals surface area contributed by atoms with Crippen molar-refractivity contribution in [3.05, 3.63) is 75.7 Å². The normalized spacial score (nSPS) is 15.1. The average Bonchev–Trinajstić information content (AvgIpc) is 3.27. The molecule has 3 aromatic rings. The van der Waals surface area contributed by atoms with E-state index < -0.39 is 12.1 Å². The minimum Gasteiger partial charge on any atom is -0.478 e. The summed E-state index contributed by atoms with van der Waals surface area (Å²) in [4.78, 5) is 27.6. The SMILES string of the molecule is CN1CCc2c(sc(NC(=O)OCC3c4ccccc4-c4ccccc43)c2C(=O)O)C1. The lowest BCUT2D eigenvalue weighted by atomic mass is 9.98. The minimum atomic E-state index is -1.02. The van der Waals surface area contributed by atoms with E-state index in [0.29, 0.717) is 18.0 Å². The van der Waals surface area contributed by atoms with Crippen LogP contribution in [0.1, 0.15) is 37.8 Å². The van der Waals surface area contributed by atoms with E-state index in [1.165, 1.54) is 11.3 Å². The zero-order chi connectivity index (χ0) is 21.5. The Morgan fingerprint density at radius 2 is 1.77 bits per heavy atom. The van der Waals surface area contributed by atoms with E-state index in [2.05, 4.69) is 34.5 Å². The minimum absolute atomic E-state index is 0.0396. The van der Waals surface area contributed by atoms with Crippen molar-refractivity contribution in [3.8, 4) is 11.1 Å². The van der Waals surface area contributed by atoms with Crippen LogP contribution in [0.25, 0.3) is 11.1 Å². The third-order valence-electron chi connectivity index (χ3n) is 6.02. The molecular formula is C24H22N2O4S. The van der Waals surface area contributed by atoms with Gasteiger partial charge in [-0.15, -0.1) is 11.3 Å². The lowest BCUT2D eigenvalue weighted by Crippen LogP contribution is -2.26. The zero-order valence-corrected chi connectivity index (χ0v) is 17.9. The summed E-state index contributed by atoms with van der Waals surface area (Å²) in [5.74, 6) is -1.06. The quantitative estimate of drug-likeness (QED) is 0.617. The van der Waals surface area contributed by atoms with Crippen molar-refractivity contribution in [2.45, 2.75) is 18.9 Å². The van der Waals surface area contributed by atoms with Gasteiger partial charge in [0, 0.05) is 23.9 Å². The summed E-state index contributed by atoms with van der Waals surface area (Å²) in [6.45, 7) is 1.68. The van der Waals surface area contributed by atoms with Gasteiger partial charge in [-0.3, -0.25) is 5.32 Å². The number of carboxylic acid groups (broad SMARTS) is 1. The third-order valence-corrected chi connectivity index (χ3v) is 7.15. The standard InChI is InChI=1S/C24H22N2O4S/c1-26-11-10-18-20(12-26)31-22(21(18)23(27)28)25-24(29)30-13-19-16-8-4-2-6-14(16)15-7-3-5-9-17(15)19/h2-9,19H,10-13H2,1H3,(H,25,29)(H,27,28). The van der Waals surface area contributed by atoms with Gasteiger partial charge >= 0.3 is 12.1 Å². The lowest BCUT2D eigenvalue weighted by Gasteiger charge is -2.22. The molecule has 2 N–H and O–H groups in total. The van der Waals surface area contributed by atoms with Gasteiger partial charge in [0.15, 0.2) is 0 Å². The van der Waals surface area contributed by atoms with Gasteiger partial charge < -0.3 is 14.7 Å². The van der Waals surface area contributed by atoms with Crippen molar-refractivity contribution in [1.29, 1.82) is 0 Å². The molecule has 5 rings (SSSR count). The molecular weight excluding hydrogens is 412 g/mol. The number of anilines is 1. The summed E-state index contributed by atoms with van der Waals surface area (Å²) in [6.07, 6.45) is 0.0346. The Bertz CT molecular complexity index is 1140. The van der Waals surface area contributed by atoms with Crippen LogP contribution in [-0.4, -0.2) is 42.3 Å². The molecule has 0 fully saturated rings. The monoisotopic (exact) mass is 434 g/mol. The summed E-state index contributed by atoms with van der Waals surface area (Å²) in [5, 5.41) is 12.8. The van der Waals surface area contributed by atoms with Gasteiger partial charge in [0.2, 0.25) is 0 Å². The van der Waals surface area contributed by atoms with Gasteiger partial charge in [-0.05, 0) is 41.3 Å². The Hall–Kier alpha value is -3.16. The molecule has 1 aromatic heterocycles. The fourth-order valence-electron chi connectivity index (χ4n) is 4.57. The Morgan fingerprint density at radius 3 is 2.42 bits per heavy atom. The summed E-state index contributed by atoms with van der Waals surface area (Å²) in [5.41, 5.74) is 5.62. The second kappa shape index (κ2) is 7.83. The van der Waals surface area contributed by atoms with Gasteiger partial charge in [-0.2, -0.15) is 0 Å². The highest BCUT2D eigenvalue weighted by Gasteiger charge is 2.30. The first-order valence-corrected chi connectivity index (χ1v) is 11.0. The number of carbonyl (C=O) groups is 2. The maximum atomic E-state index is 12.6. The number of hydrogen-bond acceptors (Lipinski definition) is 5. The molecule has 1 aliphatic carbocycles. The summed E-state index contributed by atoms with van der Waals surface area (Å²) >= 11 is 1.32. The first kappa shape index (κ1) is 19.8. The molecule has 2 heterocycles. The molecule has 0 atom stereocenters. The molecule has 2 aliphatic rings. The highest BCUT2D eigenvalue weighted by molar-refractivity contribution is 7.17. The van der Waals surface area contributed by atoms with Gasteiger partial charge in [0.1, 0.15) is 11.6 Å². The van der Waals surface area contributed by atoms with Crippen molar-refractivity contribution in [1.82, 2.24) is 4.90 Å². The van der Waals surface area contributed by atoms with Crippen LogP contribution in [0.5, 0.6) is 0 Å². The lowest BCUT2D eigenvalue weighted by molar-refractivity contribution is 0.0696. The van der Waals surface area contributed by atoms with Crippen LogP contribution in [0.15, 0.2) is 48.5 Å². The molecule has 0 saturated carbocycles. The van der Waals surface area contributed by atoms with Crippen LogP contribution in [0.2, 0.25) is 0 Å². The molecule has 0 bridgehead atoms. The number of carboxylic acids is 1. The first-order chi connectivity index (χ1) is 15.0. The van der Waals surface area contributed by atoms with Gasteiger partial charge in [0.05, 0.1) is 5.56 Å². The Morgan fingerprint density at radius 1 is 1.13 bits per heavy atom. The van der Waals surface area contributed by atoms with Crippen LogP contribution < -0.4 is 5.32 Å². The number of nitrogens with one attached hydrogen (secondary N) is 1. The van der Waals surface area contributed by atoms with E-state index in [4.69, 9.17) is 4.74 Å². The van der Waals surface area contributed by atoms with Crippen molar-refractivity contribution < 1.29 is 19.4 Å². The highest BCUT2D eigenvalue weighted by atomic mass is 32.1. The summed E-state index contributed by atoms with van der Waals surface area (Å²) < 4.78 is 5.58. The molecule has 6 nitrogen and oxygen atoms in total. The number of ether oxygens (including phenoxy) is 1. The smallest absolute Gasteiger partial charge is 0.412 e. The molecule has 7 heteroatoms. The largest absolute Gasteiger partial charge is 0.478 e. The van der Waals surface area contributed by atoms with E-state index >= 15 is 0 Å². The van der Waals surface area contributed by atoms with E-state index in [1.54, 1.807) is 0 Å². The molecule has 31 heavy (non-hydrogen) atoms. The van der Waals surface area contributed by atoms with E-state index in [-0.39, 0.29) is 18.1 Å². The Labute approximate surface area is 184 Å². The van der Waals surface area contributed by atoms with Crippen molar-refractivity contribution in [3.63, 3.8) is 0 Å². The van der Waals surface area contributed by atoms with Gasteiger partial charge in [0.25, 0.3) is 0 Å². The fourth-order valence-corrected chi connectivity index (χ4v) is 5.88. The van der Waals surface area contributed by atoms with Crippen LogP contribution in [0.4, 0.5) is 9.80 Å². The number of fused-ring (bicyclic) bond motifs is 4. The number of likely N-dealkylation sites (N-methyl/N-ethyl adjacent to an activating group) is 1. The molecule has 0 spiro atoms. The highest BCUT2D eigenvalue weighted by Crippen LogP contribution is 2.44. The number of nitrogens with zero attached hydrogens (tertiary/aromatic N) is 1. The van der Waals surface area contributed by atoms with Crippen LogP contribution >= 0.6 is 11.3 Å². The van der Waals surface area contributed by atoms with E-state index in [9.17, 15) is 14.7 Å². The summed E-state index contributed by atoms with van der Waals surface area (Å²) in [7, 11) is 2.00. The van der Waals surface area contributed by atoms with E-state index in [1.807, 2.05) is 31.3 Å². The van der Waals surface area contributed by atoms with Crippen molar-refractivity contribution in [2.24, 2.45) is 0 Å². The van der Waals surface area contributed by atoms with Crippen LogP contribution in [0.3, 0.4) is 0 Å². The molecule has 1 amide bonds. The Kier molecular flexibility index (Phi) is 5.00. The molecule has 0 unspecified atom stereocenters. The molecule has 0 saturated heterocycles. The predicted octanol–water partition coefficient (Wildman–Crippen LogP) is 4.80. The average molecular weight is 435 g/mol.